The van der Waals surface area contributed by atoms with Crippen molar-refractivity contribution in [2.75, 3.05) is 11.5 Å². The van der Waals surface area contributed by atoms with Gasteiger partial charge in [-0.2, -0.15) is 23.5 Å². The summed E-state index contributed by atoms with van der Waals surface area (Å²) in [4.78, 5) is 20.4. The molecule has 0 spiro atoms. The Morgan fingerprint density at radius 2 is 1.04 bits per heavy atom. The molecule has 0 saturated carbocycles. The minimum absolute atomic E-state index is 0.122. The molecule has 8 heteroatoms. The minimum Gasteiger partial charge on any atom is -0.258 e. The predicted molar refractivity (Wildman–Crippen MR) is 103 cm³/mol. The van der Waals surface area contributed by atoms with Crippen LogP contribution in [0.4, 0.5) is 11.4 Å². The van der Waals surface area contributed by atoms with Gasteiger partial charge >= 0.3 is 0 Å². The zero-order valence-corrected chi connectivity index (χ0v) is 15.1. The summed E-state index contributed by atoms with van der Waals surface area (Å²) >= 11 is 3.63. The Balaban J connectivity index is 1.57. The largest absolute Gasteiger partial charge is 0.269 e. The molecule has 0 aliphatic heterocycles. The molecule has 0 aromatic heterocycles. The van der Waals surface area contributed by atoms with Gasteiger partial charge in [0.05, 0.1) is 9.85 Å². The highest BCUT2D eigenvalue weighted by atomic mass is 32.2. The number of benzene rings is 2. The van der Waals surface area contributed by atoms with Gasteiger partial charge in [0.25, 0.3) is 11.4 Å². The molecular weight excluding hydrogens is 360 g/mol. The average molecular weight is 378 g/mol. The van der Waals surface area contributed by atoms with Gasteiger partial charge in [-0.15, -0.1) is 0 Å². The maximum atomic E-state index is 10.6. The van der Waals surface area contributed by atoms with E-state index in [0.29, 0.717) is 0 Å². The Morgan fingerprint density at radius 1 is 0.680 bits per heavy atom. The molecule has 2 aromatic carbocycles. The number of nitro benzene ring substituents is 2. The predicted octanol–water partition coefficient (Wildman–Crippen LogP) is 5.06. The van der Waals surface area contributed by atoms with Crippen molar-refractivity contribution in [2.24, 2.45) is 0 Å². The maximum Gasteiger partial charge on any atom is 0.269 e. The molecule has 2 aromatic rings. The molecule has 0 amide bonds. The third-order valence-electron chi connectivity index (χ3n) is 3.41. The third-order valence-corrected chi connectivity index (χ3v) is 5.64. The summed E-state index contributed by atoms with van der Waals surface area (Å²) in [6.07, 6.45) is 1.08. The summed E-state index contributed by atoms with van der Waals surface area (Å²) in [5.74, 6) is 3.77. The number of nitrogens with zero attached hydrogens (tertiary/aromatic N) is 2. The molecular formula is C17H18N2O4S2. The van der Waals surface area contributed by atoms with Crippen LogP contribution in [0, 0.1) is 20.2 Å². The van der Waals surface area contributed by atoms with Crippen molar-refractivity contribution in [1.29, 1.82) is 0 Å². The van der Waals surface area contributed by atoms with E-state index in [4.69, 9.17) is 0 Å². The van der Waals surface area contributed by atoms with Crippen LogP contribution in [0.15, 0.2) is 48.5 Å². The van der Waals surface area contributed by atoms with Gasteiger partial charge in [-0.1, -0.05) is 24.3 Å². The molecule has 0 fully saturated rings. The molecule has 0 heterocycles. The molecule has 0 unspecified atom stereocenters. The van der Waals surface area contributed by atoms with Crippen molar-refractivity contribution in [3.05, 3.63) is 79.9 Å². The highest BCUT2D eigenvalue weighted by Gasteiger charge is 2.05. The van der Waals surface area contributed by atoms with Crippen LogP contribution in [-0.4, -0.2) is 21.4 Å². The lowest BCUT2D eigenvalue weighted by Gasteiger charge is -2.03. The van der Waals surface area contributed by atoms with E-state index in [1.54, 1.807) is 24.3 Å². The average Bonchev–Trinajstić information content (AvgIpc) is 2.61. The van der Waals surface area contributed by atoms with Crippen LogP contribution in [0.2, 0.25) is 0 Å². The topological polar surface area (TPSA) is 86.3 Å². The van der Waals surface area contributed by atoms with Gasteiger partial charge in [-0.25, -0.2) is 0 Å². The smallest absolute Gasteiger partial charge is 0.258 e. The highest BCUT2D eigenvalue weighted by molar-refractivity contribution is 7.99. The summed E-state index contributed by atoms with van der Waals surface area (Å²) in [7, 11) is 0. The van der Waals surface area contributed by atoms with Crippen molar-refractivity contribution >= 4 is 34.9 Å². The summed E-state index contributed by atoms with van der Waals surface area (Å²) in [5, 5.41) is 21.2. The maximum absolute atomic E-state index is 10.6. The van der Waals surface area contributed by atoms with Gasteiger partial charge in [0.1, 0.15) is 0 Å². The van der Waals surface area contributed by atoms with Gasteiger partial charge < -0.3 is 0 Å². The van der Waals surface area contributed by atoms with E-state index < -0.39 is 0 Å². The van der Waals surface area contributed by atoms with Crippen molar-refractivity contribution in [3.63, 3.8) is 0 Å². The fourth-order valence-electron chi connectivity index (χ4n) is 2.07. The Hall–Kier alpha value is -2.06. The van der Waals surface area contributed by atoms with Gasteiger partial charge in [0, 0.05) is 35.8 Å². The van der Waals surface area contributed by atoms with Crippen LogP contribution < -0.4 is 0 Å². The van der Waals surface area contributed by atoms with Crippen LogP contribution >= 0.6 is 23.5 Å². The summed E-state index contributed by atoms with van der Waals surface area (Å²) in [6.45, 7) is 0. The molecule has 132 valence electrons. The molecule has 0 aliphatic carbocycles. The van der Waals surface area contributed by atoms with Gasteiger partial charge in [0.15, 0.2) is 0 Å². The third kappa shape index (κ3) is 6.75. The molecule has 0 N–H and O–H groups in total. The summed E-state index contributed by atoms with van der Waals surface area (Å²) < 4.78 is 0. The molecule has 6 nitrogen and oxygen atoms in total. The normalized spacial score (nSPS) is 10.6. The van der Waals surface area contributed by atoms with Gasteiger partial charge in [-0.05, 0) is 29.1 Å². The van der Waals surface area contributed by atoms with Crippen LogP contribution in [0.25, 0.3) is 0 Å². The van der Waals surface area contributed by atoms with E-state index in [0.717, 1.165) is 40.6 Å². The van der Waals surface area contributed by atoms with E-state index >= 15 is 0 Å². The standard InChI is InChI=1S/C17H18N2O4S2/c20-18(21)16-6-2-14(3-7-16)12-24-10-1-11-25-13-15-4-8-17(9-5-15)19(22)23/h2-9H,1,10-13H2. The van der Waals surface area contributed by atoms with Gasteiger partial charge in [0.2, 0.25) is 0 Å². The Morgan fingerprint density at radius 3 is 1.36 bits per heavy atom. The van der Waals surface area contributed by atoms with E-state index in [9.17, 15) is 20.2 Å². The first-order chi connectivity index (χ1) is 12.1. The second kappa shape index (κ2) is 10.0. The van der Waals surface area contributed by atoms with Crippen LogP contribution in [0.3, 0.4) is 0 Å². The SMILES string of the molecule is O=[N+]([O-])c1ccc(CSCCCSCc2ccc([N+](=O)[O-])cc2)cc1. The molecule has 0 saturated heterocycles. The lowest BCUT2D eigenvalue weighted by Crippen LogP contribution is -1.90. The van der Waals surface area contributed by atoms with Gasteiger partial charge in [-0.3, -0.25) is 20.2 Å². The van der Waals surface area contributed by atoms with E-state index in [2.05, 4.69) is 0 Å². The van der Waals surface area contributed by atoms with Crippen LogP contribution in [0.1, 0.15) is 17.5 Å². The molecule has 0 radical (unpaired) electrons. The first kappa shape index (κ1) is 19.3. The molecule has 0 bridgehead atoms. The second-order valence-electron chi connectivity index (χ2n) is 5.31. The van der Waals surface area contributed by atoms with Crippen molar-refractivity contribution in [1.82, 2.24) is 0 Å². The quantitative estimate of drug-likeness (QED) is 0.326. The zero-order valence-electron chi connectivity index (χ0n) is 13.5. The minimum atomic E-state index is -0.390. The van der Waals surface area contributed by atoms with E-state index in [1.165, 1.54) is 24.3 Å². The zero-order chi connectivity index (χ0) is 18.1. The number of non-ortho nitro benzene ring substituents is 2. The Bertz CT molecular complexity index is 644. The van der Waals surface area contributed by atoms with Crippen molar-refractivity contribution in [3.8, 4) is 0 Å². The first-order valence-corrected chi connectivity index (χ1v) is 9.99. The second-order valence-corrected chi connectivity index (χ2v) is 7.52. The molecule has 25 heavy (non-hydrogen) atoms. The van der Waals surface area contributed by atoms with Crippen LogP contribution in [-0.2, 0) is 11.5 Å². The van der Waals surface area contributed by atoms with E-state index in [1.807, 2.05) is 23.5 Å². The molecule has 0 atom stereocenters. The molecule has 2 rings (SSSR count). The Kier molecular flexibility index (Phi) is 7.75. The number of thioether (sulfide) groups is 2. The number of nitro groups is 2. The monoisotopic (exact) mass is 378 g/mol. The summed E-state index contributed by atoms with van der Waals surface area (Å²) in [6, 6.07) is 13.4. The highest BCUT2D eigenvalue weighted by Crippen LogP contribution is 2.20. The lowest BCUT2D eigenvalue weighted by atomic mass is 10.2. The number of rotatable bonds is 10. The van der Waals surface area contributed by atoms with Crippen molar-refractivity contribution < 1.29 is 9.85 Å². The molecule has 0 aliphatic rings. The first-order valence-electron chi connectivity index (χ1n) is 7.68. The summed E-state index contributed by atoms with van der Waals surface area (Å²) in [5.41, 5.74) is 2.43. The van der Waals surface area contributed by atoms with Crippen LogP contribution in [0.5, 0.6) is 0 Å². The number of hydrogen-bond donors (Lipinski definition) is 0. The van der Waals surface area contributed by atoms with Crippen molar-refractivity contribution in [2.45, 2.75) is 17.9 Å². The Labute approximate surface area is 154 Å². The fourth-order valence-corrected chi connectivity index (χ4v) is 4.10. The van der Waals surface area contributed by atoms with E-state index in [-0.39, 0.29) is 21.2 Å². The number of hydrogen-bond acceptors (Lipinski definition) is 6. The fraction of sp³-hybridized carbons (Fsp3) is 0.294. The lowest BCUT2D eigenvalue weighted by molar-refractivity contribution is -0.385.